The molecule has 8 heteroatoms. The van der Waals surface area contributed by atoms with Crippen molar-refractivity contribution in [3.8, 4) is 5.75 Å². The van der Waals surface area contributed by atoms with Gasteiger partial charge in [0.2, 0.25) is 0 Å². The van der Waals surface area contributed by atoms with Gasteiger partial charge in [-0.15, -0.1) is 0 Å². The summed E-state index contributed by atoms with van der Waals surface area (Å²) in [4.78, 5) is 25.5. The van der Waals surface area contributed by atoms with Gasteiger partial charge in [-0.1, -0.05) is 71.7 Å². The predicted octanol–water partition coefficient (Wildman–Crippen LogP) is 5.90. The molecule has 3 aromatic rings. The first kappa shape index (κ1) is 23.7. The van der Waals surface area contributed by atoms with Crippen LogP contribution >= 0.6 is 23.2 Å². The number of rotatable bonds is 7. The van der Waals surface area contributed by atoms with Gasteiger partial charge in [0.15, 0.2) is 0 Å². The molecule has 2 N–H and O–H groups in total. The summed E-state index contributed by atoms with van der Waals surface area (Å²) in [5.74, 6) is 0.0572. The lowest BCUT2D eigenvalue weighted by molar-refractivity contribution is -0.138. The minimum atomic E-state index is -0.725. The van der Waals surface area contributed by atoms with Crippen molar-refractivity contribution in [2.75, 3.05) is 6.61 Å². The number of hydrogen-bond acceptors (Lipinski definition) is 4. The van der Waals surface area contributed by atoms with Gasteiger partial charge in [0, 0.05) is 0 Å². The van der Waals surface area contributed by atoms with E-state index in [0.717, 1.165) is 5.56 Å². The fourth-order valence-corrected chi connectivity index (χ4v) is 3.98. The number of benzene rings is 3. The molecule has 34 heavy (non-hydrogen) atoms. The lowest BCUT2D eigenvalue weighted by atomic mass is 9.92. The summed E-state index contributed by atoms with van der Waals surface area (Å²) in [5.41, 5.74) is 2.97. The van der Waals surface area contributed by atoms with Gasteiger partial charge in [0.25, 0.3) is 0 Å². The van der Waals surface area contributed by atoms with Gasteiger partial charge in [-0.05, 0) is 47.9 Å². The second kappa shape index (κ2) is 10.6. The zero-order valence-electron chi connectivity index (χ0n) is 18.3. The molecular weight excluding hydrogens is 475 g/mol. The minimum Gasteiger partial charge on any atom is -0.489 e. The summed E-state index contributed by atoms with van der Waals surface area (Å²) in [6.45, 7) is 2.22. The topological polar surface area (TPSA) is 76.7 Å². The predicted molar refractivity (Wildman–Crippen MR) is 132 cm³/mol. The molecule has 6 nitrogen and oxygen atoms in total. The van der Waals surface area contributed by atoms with Gasteiger partial charge in [-0.25, -0.2) is 9.59 Å². The Hall–Kier alpha value is -3.48. The number of halogens is 2. The Morgan fingerprint density at radius 2 is 1.76 bits per heavy atom. The van der Waals surface area contributed by atoms with Crippen molar-refractivity contribution in [1.82, 2.24) is 10.6 Å². The van der Waals surface area contributed by atoms with Crippen molar-refractivity contribution in [2.24, 2.45) is 0 Å². The van der Waals surface area contributed by atoms with Crippen LogP contribution in [0, 0.1) is 0 Å². The zero-order chi connectivity index (χ0) is 24.1. The summed E-state index contributed by atoms with van der Waals surface area (Å²) >= 11 is 12.1. The van der Waals surface area contributed by atoms with Crippen LogP contribution in [0.3, 0.4) is 0 Å². The van der Waals surface area contributed by atoms with Crippen LogP contribution in [0.1, 0.15) is 29.7 Å². The second-order valence-corrected chi connectivity index (χ2v) is 8.33. The highest BCUT2D eigenvalue weighted by Gasteiger charge is 2.34. The van der Waals surface area contributed by atoms with Gasteiger partial charge in [-0.3, -0.25) is 0 Å². The number of hydrogen-bond donors (Lipinski definition) is 2. The highest BCUT2D eigenvalue weighted by atomic mass is 35.5. The van der Waals surface area contributed by atoms with E-state index in [9.17, 15) is 9.59 Å². The van der Waals surface area contributed by atoms with Crippen LogP contribution in [0.25, 0.3) is 5.70 Å². The molecule has 4 rings (SSSR count). The molecule has 1 heterocycles. The zero-order valence-corrected chi connectivity index (χ0v) is 19.8. The van der Waals surface area contributed by atoms with E-state index in [1.165, 1.54) is 0 Å². The van der Waals surface area contributed by atoms with Crippen LogP contribution in [-0.4, -0.2) is 18.6 Å². The summed E-state index contributed by atoms with van der Waals surface area (Å²) in [5, 5.41) is 6.53. The Morgan fingerprint density at radius 1 is 0.971 bits per heavy atom. The number of carbonyl (C=O) groups excluding carboxylic acids is 2. The van der Waals surface area contributed by atoms with E-state index in [-0.39, 0.29) is 13.2 Å². The number of urea groups is 1. The molecule has 0 aromatic heterocycles. The summed E-state index contributed by atoms with van der Waals surface area (Å²) in [7, 11) is 0. The van der Waals surface area contributed by atoms with Crippen molar-refractivity contribution < 1.29 is 19.1 Å². The molecule has 0 fully saturated rings. The molecule has 0 saturated heterocycles. The van der Waals surface area contributed by atoms with Gasteiger partial charge in [0.05, 0.1) is 34.0 Å². The standard InChI is InChI=1S/C26H22Cl2N2O4/c1-2-33-25(31)22-23(17-7-4-3-5-8-17)29-26(32)30-24(22)18-9-6-10-19(14-18)34-15-16-11-12-20(27)21(28)13-16/h3-14,24H,2,15H2,1H3,(H2,29,30,32). The molecule has 1 aliphatic heterocycles. The third-order valence-electron chi connectivity index (χ3n) is 5.21. The Balaban J connectivity index is 1.67. The first-order valence-electron chi connectivity index (χ1n) is 10.7. The average molecular weight is 497 g/mol. The molecule has 0 spiro atoms. The SMILES string of the molecule is CCOC(=O)C1=C(c2ccccc2)NC(=O)NC1c1cccc(OCc2ccc(Cl)c(Cl)c2)c1. The maximum absolute atomic E-state index is 13.0. The number of ether oxygens (including phenoxy) is 2. The second-order valence-electron chi connectivity index (χ2n) is 7.52. The van der Waals surface area contributed by atoms with Gasteiger partial charge in [0.1, 0.15) is 12.4 Å². The lowest BCUT2D eigenvalue weighted by Gasteiger charge is -2.29. The summed E-state index contributed by atoms with van der Waals surface area (Å²) in [6, 6.07) is 20.6. The first-order chi connectivity index (χ1) is 16.5. The minimum absolute atomic E-state index is 0.206. The Morgan fingerprint density at radius 3 is 2.50 bits per heavy atom. The van der Waals surface area contributed by atoms with E-state index in [1.54, 1.807) is 37.3 Å². The number of carbonyl (C=O) groups is 2. The van der Waals surface area contributed by atoms with E-state index < -0.39 is 18.0 Å². The van der Waals surface area contributed by atoms with Crippen LogP contribution in [-0.2, 0) is 16.1 Å². The summed E-state index contributed by atoms with van der Waals surface area (Å²) in [6.07, 6.45) is 0. The largest absolute Gasteiger partial charge is 0.489 e. The monoisotopic (exact) mass is 496 g/mol. The van der Waals surface area contributed by atoms with Crippen LogP contribution < -0.4 is 15.4 Å². The van der Waals surface area contributed by atoms with E-state index >= 15 is 0 Å². The van der Waals surface area contributed by atoms with Crippen molar-refractivity contribution >= 4 is 40.9 Å². The van der Waals surface area contributed by atoms with Gasteiger partial charge >= 0.3 is 12.0 Å². The summed E-state index contributed by atoms with van der Waals surface area (Å²) < 4.78 is 11.3. The van der Waals surface area contributed by atoms with E-state index in [1.807, 2.05) is 42.5 Å². The molecule has 1 atom stereocenters. The molecule has 0 bridgehead atoms. The van der Waals surface area contributed by atoms with Gasteiger partial charge < -0.3 is 20.1 Å². The molecule has 0 aliphatic carbocycles. The van der Waals surface area contributed by atoms with E-state index in [2.05, 4.69) is 10.6 Å². The Kier molecular flexibility index (Phi) is 7.40. The van der Waals surface area contributed by atoms with Crippen molar-refractivity contribution in [3.05, 3.63) is 105 Å². The lowest BCUT2D eigenvalue weighted by Crippen LogP contribution is -2.45. The van der Waals surface area contributed by atoms with Crippen molar-refractivity contribution in [3.63, 3.8) is 0 Å². The van der Waals surface area contributed by atoms with Crippen LogP contribution in [0.5, 0.6) is 5.75 Å². The molecule has 2 amide bonds. The molecule has 0 radical (unpaired) electrons. The smallest absolute Gasteiger partial charge is 0.338 e. The average Bonchev–Trinajstić information content (AvgIpc) is 2.85. The number of amides is 2. The Bertz CT molecular complexity index is 1240. The maximum Gasteiger partial charge on any atom is 0.338 e. The first-order valence-corrected chi connectivity index (χ1v) is 11.4. The van der Waals surface area contributed by atoms with Crippen molar-refractivity contribution in [2.45, 2.75) is 19.6 Å². The maximum atomic E-state index is 13.0. The van der Waals surface area contributed by atoms with Gasteiger partial charge in [-0.2, -0.15) is 0 Å². The van der Waals surface area contributed by atoms with Crippen LogP contribution in [0.2, 0.25) is 10.0 Å². The molecule has 0 saturated carbocycles. The highest BCUT2D eigenvalue weighted by Crippen LogP contribution is 2.33. The van der Waals surface area contributed by atoms with E-state index in [0.29, 0.717) is 38.2 Å². The molecule has 174 valence electrons. The fourth-order valence-electron chi connectivity index (χ4n) is 3.66. The fraction of sp³-hybridized carbons (Fsp3) is 0.154. The normalized spacial score (nSPS) is 15.4. The number of esters is 1. The van der Waals surface area contributed by atoms with E-state index in [4.69, 9.17) is 32.7 Å². The quantitative estimate of drug-likeness (QED) is 0.399. The van der Waals surface area contributed by atoms with Crippen molar-refractivity contribution in [1.29, 1.82) is 0 Å². The molecule has 3 aromatic carbocycles. The molecule has 1 unspecified atom stereocenters. The molecular formula is C26H22Cl2N2O4. The third-order valence-corrected chi connectivity index (χ3v) is 5.95. The highest BCUT2D eigenvalue weighted by molar-refractivity contribution is 6.42. The molecule has 1 aliphatic rings. The van der Waals surface area contributed by atoms with Crippen LogP contribution in [0.15, 0.2) is 78.4 Å². The Labute approximate surface area is 207 Å². The number of nitrogens with one attached hydrogen (secondary N) is 2. The van der Waals surface area contributed by atoms with Crippen LogP contribution in [0.4, 0.5) is 4.79 Å². The third kappa shape index (κ3) is 5.35.